The van der Waals surface area contributed by atoms with E-state index >= 15 is 0 Å². The van der Waals surface area contributed by atoms with Gasteiger partial charge in [-0.15, -0.1) is 0 Å². The minimum atomic E-state index is 0.377. The molecule has 0 spiro atoms. The van der Waals surface area contributed by atoms with Crippen molar-refractivity contribution in [3.63, 3.8) is 0 Å². The van der Waals surface area contributed by atoms with Crippen LogP contribution in [0, 0.1) is 6.92 Å². The van der Waals surface area contributed by atoms with Crippen LogP contribution < -0.4 is 0 Å². The zero-order valence-corrected chi connectivity index (χ0v) is 10.9. The standard InChI is InChI=1S/C16H16N2O/c1-3-12-19-18-16(15-6-4-5-11-17-15)14-9-7-13(2)8-10-14/h3-11H,1,12H2,2H3. The molecule has 0 amide bonds. The summed E-state index contributed by atoms with van der Waals surface area (Å²) in [6, 6.07) is 13.8. The molecule has 19 heavy (non-hydrogen) atoms. The van der Waals surface area contributed by atoms with Crippen LogP contribution in [0.3, 0.4) is 0 Å². The number of aryl methyl sites for hydroxylation is 1. The Balaban J connectivity index is 2.37. The van der Waals surface area contributed by atoms with Crippen molar-refractivity contribution in [1.82, 2.24) is 4.98 Å². The monoisotopic (exact) mass is 252 g/mol. The van der Waals surface area contributed by atoms with Crippen molar-refractivity contribution >= 4 is 5.71 Å². The molecule has 0 bridgehead atoms. The molecule has 0 aliphatic carbocycles. The summed E-state index contributed by atoms with van der Waals surface area (Å²) in [6.45, 7) is 6.03. The van der Waals surface area contributed by atoms with Crippen molar-refractivity contribution in [2.45, 2.75) is 6.92 Å². The van der Waals surface area contributed by atoms with E-state index in [2.05, 4.69) is 23.6 Å². The fourth-order valence-electron chi connectivity index (χ4n) is 1.62. The van der Waals surface area contributed by atoms with Crippen LogP contribution in [0.25, 0.3) is 0 Å². The van der Waals surface area contributed by atoms with Gasteiger partial charge in [0.05, 0.1) is 5.69 Å². The average molecular weight is 252 g/mol. The maximum Gasteiger partial charge on any atom is 0.135 e. The molecule has 96 valence electrons. The quantitative estimate of drug-likeness (QED) is 0.354. The molecule has 0 aliphatic heterocycles. The van der Waals surface area contributed by atoms with Gasteiger partial charge in [-0.1, -0.05) is 53.7 Å². The van der Waals surface area contributed by atoms with Gasteiger partial charge in [0.1, 0.15) is 12.3 Å². The van der Waals surface area contributed by atoms with Crippen LogP contribution in [0.1, 0.15) is 16.8 Å². The number of oxime groups is 1. The van der Waals surface area contributed by atoms with Gasteiger partial charge in [0, 0.05) is 11.8 Å². The molecule has 0 fully saturated rings. The lowest BCUT2D eigenvalue weighted by molar-refractivity contribution is 0.175. The number of pyridine rings is 1. The first-order valence-corrected chi connectivity index (χ1v) is 6.10. The van der Waals surface area contributed by atoms with E-state index in [9.17, 15) is 0 Å². The van der Waals surface area contributed by atoms with Crippen molar-refractivity contribution in [2.24, 2.45) is 5.16 Å². The highest BCUT2D eigenvalue weighted by molar-refractivity contribution is 6.11. The molecule has 3 nitrogen and oxygen atoms in total. The third-order valence-electron chi connectivity index (χ3n) is 2.58. The number of aromatic nitrogens is 1. The summed E-state index contributed by atoms with van der Waals surface area (Å²) in [6.07, 6.45) is 3.40. The van der Waals surface area contributed by atoms with Gasteiger partial charge in [0.15, 0.2) is 0 Å². The highest BCUT2D eigenvalue weighted by atomic mass is 16.6. The van der Waals surface area contributed by atoms with E-state index in [1.165, 1.54) is 5.56 Å². The average Bonchev–Trinajstić information content (AvgIpc) is 2.46. The second kappa shape index (κ2) is 6.50. The molecule has 0 radical (unpaired) electrons. The Morgan fingerprint density at radius 2 is 2.05 bits per heavy atom. The van der Waals surface area contributed by atoms with Crippen molar-refractivity contribution in [3.05, 3.63) is 78.1 Å². The molecule has 0 saturated heterocycles. The number of nitrogens with zero attached hydrogens (tertiary/aromatic N) is 2. The zero-order valence-electron chi connectivity index (χ0n) is 10.9. The van der Waals surface area contributed by atoms with Crippen LogP contribution in [0.15, 0.2) is 66.5 Å². The van der Waals surface area contributed by atoms with Crippen LogP contribution in [0.5, 0.6) is 0 Å². The molecule has 1 aromatic heterocycles. The molecule has 1 aromatic carbocycles. The topological polar surface area (TPSA) is 34.5 Å². The number of rotatable bonds is 5. The number of hydrogen-bond acceptors (Lipinski definition) is 3. The van der Waals surface area contributed by atoms with Gasteiger partial charge in [0.2, 0.25) is 0 Å². The molecule has 0 atom stereocenters. The minimum Gasteiger partial charge on any atom is -0.391 e. The Morgan fingerprint density at radius 3 is 2.68 bits per heavy atom. The van der Waals surface area contributed by atoms with Gasteiger partial charge in [-0.2, -0.15) is 0 Å². The van der Waals surface area contributed by atoms with Gasteiger partial charge in [0.25, 0.3) is 0 Å². The SMILES string of the molecule is C=CCON=C(c1ccc(C)cc1)c1ccccn1. The highest BCUT2D eigenvalue weighted by Crippen LogP contribution is 2.10. The van der Waals surface area contributed by atoms with E-state index in [0.717, 1.165) is 17.0 Å². The van der Waals surface area contributed by atoms with E-state index in [0.29, 0.717) is 6.61 Å². The fourth-order valence-corrected chi connectivity index (χ4v) is 1.62. The Bertz CT molecular complexity index is 559. The van der Waals surface area contributed by atoms with E-state index in [-0.39, 0.29) is 0 Å². The van der Waals surface area contributed by atoms with Gasteiger partial charge in [-0.25, -0.2) is 0 Å². The van der Waals surface area contributed by atoms with Gasteiger partial charge in [-0.3, -0.25) is 4.98 Å². The second-order valence-electron chi connectivity index (χ2n) is 4.11. The molecule has 0 N–H and O–H groups in total. The molecular formula is C16H16N2O. The zero-order chi connectivity index (χ0) is 13.5. The molecule has 0 saturated carbocycles. The number of benzene rings is 1. The lowest BCUT2D eigenvalue weighted by atomic mass is 10.1. The van der Waals surface area contributed by atoms with Crippen LogP contribution in [0.4, 0.5) is 0 Å². The highest BCUT2D eigenvalue weighted by Gasteiger charge is 2.08. The third kappa shape index (κ3) is 3.52. The fraction of sp³-hybridized carbons (Fsp3) is 0.125. The lowest BCUT2D eigenvalue weighted by Crippen LogP contribution is -2.06. The minimum absolute atomic E-state index is 0.377. The second-order valence-corrected chi connectivity index (χ2v) is 4.11. The summed E-state index contributed by atoms with van der Waals surface area (Å²) in [5, 5.41) is 4.17. The summed E-state index contributed by atoms with van der Waals surface area (Å²) >= 11 is 0. The number of hydrogen-bond donors (Lipinski definition) is 0. The smallest absolute Gasteiger partial charge is 0.135 e. The van der Waals surface area contributed by atoms with Crippen LogP contribution in [-0.2, 0) is 4.84 Å². The maximum absolute atomic E-state index is 5.21. The van der Waals surface area contributed by atoms with E-state index < -0.39 is 0 Å². The van der Waals surface area contributed by atoms with Crippen molar-refractivity contribution in [3.8, 4) is 0 Å². The van der Waals surface area contributed by atoms with Crippen molar-refractivity contribution in [1.29, 1.82) is 0 Å². The van der Waals surface area contributed by atoms with Crippen molar-refractivity contribution < 1.29 is 4.84 Å². The van der Waals surface area contributed by atoms with Crippen LogP contribution in [0.2, 0.25) is 0 Å². The predicted octanol–water partition coefficient (Wildman–Crippen LogP) is 3.35. The molecule has 0 aliphatic rings. The molecule has 1 heterocycles. The summed E-state index contributed by atoms with van der Waals surface area (Å²) < 4.78 is 0. The molecule has 3 heteroatoms. The molecular weight excluding hydrogens is 236 g/mol. The lowest BCUT2D eigenvalue weighted by Gasteiger charge is -2.06. The Morgan fingerprint density at radius 1 is 1.26 bits per heavy atom. The first kappa shape index (κ1) is 13.0. The van der Waals surface area contributed by atoms with Gasteiger partial charge >= 0.3 is 0 Å². The van der Waals surface area contributed by atoms with E-state index in [1.807, 2.05) is 42.5 Å². The molecule has 2 rings (SSSR count). The normalized spacial score (nSPS) is 11.1. The first-order chi connectivity index (χ1) is 9.31. The summed E-state index contributed by atoms with van der Waals surface area (Å²) in [7, 11) is 0. The maximum atomic E-state index is 5.21. The summed E-state index contributed by atoms with van der Waals surface area (Å²) in [5.41, 5.74) is 3.70. The predicted molar refractivity (Wildman–Crippen MR) is 77.2 cm³/mol. The van der Waals surface area contributed by atoms with Crippen LogP contribution in [-0.4, -0.2) is 17.3 Å². The molecule has 0 unspecified atom stereocenters. The van der Waals surface area contributed by atoms with Gasteiger partial charge < -0.3 is 4.84 Å². The molecule has 2 aromatic rings. The Hall–Kier alpha value is -2.42. The van der Waals surface area contributed by atoms with Crippen molar-refractivity contribution in [2.75, 3.05) is 6.61 Å². The van der Waals surface area contributed by atoms with Crippen LogP contribution >= 0.6 is 0 Å². The van der Waals surface area contributed by atoms with E-state index in [4.69, 9.17) is 4.84 Å². The first-order valence-electron chi connectivity index (χ1n) is 6.10. The van der Waals surface area contributed by atoms with E-state index in [1.54, 1.807) is 12.3 Å². The summed E-state index contributed by atoms with van der Waals surface area (Å²) in [5.74, 6) is 0. The third-order valence-corrected chi connectivity index (χ3v) is 2.58. The Labute approximate surface area is 113 Å². The Kier molecular flexibility index (Phi) is 4.45. The van der Waals surface area contributed by atoms with Gasteiger partial charge in [-0.05, 0) is 19.1 Å². The summed E-state index contributed by atoms with van der Waals surface area (Å²) in [4.78, 5) is 9.53. The largest absolute Gasteiger partial charge is 0.391 e.